The number of amides is 2. The number of nitrogens with one attached hydrogen (secondary N) is 2. The van der Waals surface area contributed by atoms with Gasteiger partial charge in [0.25, 0.3) is 17.6 Å². The average molecular weight is 1020 g/mol. The summed E-state index contributed by atoms with van der Waals surface area (Å²) in [5.41, 5.74) is 12.9. The molecule has 3 rings (SSSR count). The normalized spacial score (nSPS) is 15.4. The van der Waals surface area contributed by atoms with Crippen LogP contribution in [0.3, 0.4) is 0 Å². The number of aliphatic carboxylic acids is 2. The predicted molar refractivity (Wildman–Crippen MR) is 216 cm³/mol. The second kappa shape index (κ2) is 27.0. The number of nitrogens with zero attached hydrogens (tertiary/aromatic N) is 5. The van der Waals surface area contributed by atoms with E-state index in [1.54, 1.807) is 18.2 Å². The molecule has 0 aliphatic carbocycles. The minimum absolute atomic E-state index is 0.0444. The highest BCUT2D eigenvalue weighted by molar-refractivity contribution is 6.31. The number of imidazole rings is 1. The first-order valence-electron chi connectivity index (χ1n) is 19.6. The third kappa shape index (κ3) is 17.6. The van der Waals surface area contributed by atoms with Crippen LogP contribution in [0.15, 0.2) is 18.2 Å². The Balaban J connectivity index is 0.00000143. The number of fused-ring (bicyclic) bond motifs is 1. The van der Waals surface area contributed by atoms with Gasteiger partial charge < -0.3 is 88.2 Å². The van der Waals surface area contributed by atoms with Crippen LogP contribution in [0.4, 0.5) is 38.0 Å². The highest BCUT2D eigenvalue weighted by atomic mass is 35.5. The highest BCUT2D eigenvalue weighted by Gasteiger charge is 2.38. The average Bonchev–Trinajstić information content (AvgIpc) is 3.58. The molecule has 0 saturated carbocycles. The molecule has 32 heteroatoms. The quantitative estimate of drug-likeness (QED) is 0.0349. The van der Waals surface area contributed by atoms with Gasteiger partial charge in [0, 0.05) is 37.8 Å². The van der Waals surface area contributed by atoms with Gasteiger partial charge in [-0.1, -0.05) is 11.6 Å². The van der Waals surface area contributed by atoms with E-state index in [0.29, 0.717) is 24.4 Å². The zero-order valence-corrected chi connectivity index (χ0v) is 36.5. The lowest BCUT2D eigenvalue weighted by Crippen LogP contribution is -2.54. The molecule has 0 radical (unpaired) electrons. The summed E-state index contributed by atoms with van der Waals surface area (Å²) >= 11 is 5.93. The molecule has 2 amide bonds. The van der Waals surface area contributed by atoms with Gasteiger partial charge in [-0.25, -0.2) is 23.9 Å². The number of carbonyl (C=O) groups excluding carboxylic acids is 3. The first-order chi connectivity index (χ1) is 31.4. The van der Waals surface area contributed by atoms with Gasteiger partial charge in [-0.05, 0) is 26.0 Å². The molecule has 68 heavy (non-hydrogen) atoms. The third-order valence-electron chi connectivity index (χ3n) is 9.33. The largest absolute Gasteiger partial charge is 0.542 e. The predicted octanol–water partition coefficient (Wildman–Crippen LogP) is -5.66. The van der Waals surface area contributed by atoms with Crippen molar-refractivity contribution in [1.29, 1.82) is 0 Å². The molecule has 0 saturated heterocycles. The van der Waals surface area contributed by atoms with Crippen molar-refractivity contribution in [3.8, 4) is 0 Å². The fourth-order valence-electron chi connectivity index (χ4n) is 5.84. The van der Waals surface area contributed by atoms with Gasteiger partial charge >= 0.3 is 18.3 Å². The number of nitrogens with two attached hydrogens (primary N) is 2. The Kier molecular flexibility index (Phi) is 24.1. The van der Waals surface area contributed by atoms with E-state index in [1.807, 2.05) is 23.0 Å². The van der Waals surface area contributed by atoms with E-state index in [1.165, 1.54) is 4.90 Å². The summed E-state index contributed by atoms with van der Waals surface area (Å²) in [6.45, 7) is 1.77. The van der Waals surface area contributed by atoms with Gasteiger partial charge in [0.2, 0.25) is 0 Å². The lowest BCUT2D eigenvalue weighted by atomic mass is 10.0. The summed E-state index contributed by atoms with van der Waals surface area (Å²) in [5, 5.41) is 121. The number of halogens is 7. The van der Waals surface area contributed by atoms with Crippen LogP contribution in [0.2, 0.25) is 5.15 Å². The fourth-order valence-corrected chi connectivity index (χ4v) is 5.97. The number of carbonyl (C=O) groups is 4. The number of aliphatic hydroxyl groups excluding tert-OH is 10. The number of benzene rings is 1. The highest BCUT2D eigenvalue weighted by Crippen LogP contribution is 2.20. The van der Waals surface area contributed by atoms with Crippen LogP contribution in [0, 0.1) is 0 Å². The summed E-state index contributed by atoms with van der Waals surface area (Å²) in [6, 6.07) is 5.00. The summed E-state index contributed by atoms with van der Waals surface area (Å²) in [4.78, 5) is 53.0. The van der Waals surface area contributed by atoms with Crippen LogP contribution in [-0.2, 0) is 29.2 Å². The van der Waals surface area contributed by atoms with Crippen LogP contribution < -0.4 is 31.8 Å². The zero-order valence-electron chi connectivity index (χ0n) is 35.7. The van der Waals surface area contributed by atoms with Crippen LogP contribution in [-0.4, -0.2) is 200 Å². The molecule has 25 nitrogen and oxygen atoms in total. The summed E-state index contributed by atoms with van der Waals surface area (Å²) in [7, 11) is 0. The molecule has 0 fully saturated rings. The first kappa shape index (κ1) is 60.7. The fraction of sp³-hybridized carbons (Fsp3) is 0.583. The van der Waals surface area contributed by atoms with Crippen LogP contribution >= 0.6 is 11.6 Å². The second-order valence-electron chi connectivity index (χ2n) is 14.1. The van der Waals surface area contributed by atoms with Crippen molar-refractivity contribution in [3.63, 3.8) is 0 Å². The molecule has 2 aromatic heterocycles. The number of alkyl halides is 6. The van der Waals surface area contributed by atoms with Crippen LogP contribution in [0.1, 0.15) is 40.5 Å². The second-order valence-corrected chi connectivity index (χ2v) is 14.5. The molecule has 0 aliphatic rings. The summed E-state index contributed by atoms with van der Waals surface area (Å²) < 4.78 is 67.1. The van der Waals surface area contributed by atoms with Crippen molar-refractivity contribution < 1.29 is 111 Å². The van der Waals surface area contributed by atoms with Gasteiger partial charge in [-0.2, -0.15) is 26.3 Å². The smallest absolute Gasteiger partial charge is 0.490 e. The van der Waals surface area contributed by atoms with Gasteiger partial charge in [-0.3, -0.25) is 14.5 Å². The molecule has 0 aliphatic heterocycles. The molecular formula is C36H52ClF6N9O16. The maximum Gasteiger partial charge on any atom is 0.490 e. The Morgan fingerprint density at radius 3 is 1.68 bits per heavy atom. The van der Waals surface area contributed by atoms with E-state index >= 15 is 0 Å². The molecule has 3 aromatic rings. The third-order valence-corrected chi connectivity index (χ3v) is 9.61. The number of rotatable bonds is 21. The Bertz CT molecular complexity index is 2090. The van der Waals surface area contributed by atoms with Gasteiger partial charge in [0.15, 0.2) is 33.5 Å². The van der Waals surface area contributed by atoms with Crippen molar-refractivity contribution in [3.05, 3.63) is 40.4 Å². The maximum atomic E-state index is 13.3. The summed E-state index contributed by atoms with van der Waals surface area (Å²) in [5.74, 6) is -6.52. The van der Waals surface area contributed by atoms with Gasteiger partial charge in [-0.15, -0.1) is 0 Å². The Hall–Kier alpha value is -5.32. The van der Waals surface area contributed by atoms with Gasteiger partial charge in [0.1, 0.15) is 49.1 Å². The van der Waals surface area contributed by atoms with Crippen molar-refractivity contribution in [2.75, 3.05) is 50.9 Å². The Labute approximate surface area is 385 Å². The van der Waals surface area contributed by atoms with E-state index in [4.69, 9.17) is 53.1 Å². The molecular weight excluding hydrogens is 964 g/mol. The SMILES string of the molecule is CCn1c(CNC(=O)c2nc(Cl)c(N)nc2N)[n+](CC)c2ccc(C(=O)NCCN(C[C@H](O)[C@@H](O)[C@H](O)[C@H](O)CO)C[C@H](O)[C@@H](O)[C@H](O)[C@H](O)CO)cc21.O=C(O)C(F)(F)F.O=C([O-])C(F)(F)F. The number of hydrogen-bond donors (Lipinski definition) is 15. The maximum absolute atomic E-state index is 13.3. The molecule has 386 valence electrons. The lowest BCUT2D eigenvalue weighted by molar-refractivity contribution is -0.676. The van der Waals surface area contributed by atoms with E-state index in [0.717, 1.165) is 5.52 Å². The summed E-state index contributed by atoms with van der Waals surface area (Å²) in [6.07, 6.45) is -25.2. The number of hydrogen-bond acceptors (Lipinski definition) is 20. The van der Waals surface area contributed by atoms with Crippen molar-refractivity contribution >= 4 is 58.0 Å². The van der Waals surface area contributed by atoms with Crippen molar-refractivity contribution in [1.82, 2.24) is 30.1 Å². The number of carboxylic acid groups (broad SMARTS) is 2. The molecule has 17 N–H and O–H groups in total. The van der Waals surface area contributed by atoms with E-state index in [9.17, 15) is 76.8 Å². The minimum Gasteiger partial charge on any atom is -0.542 e. The van der Waals surface area contributed by atoms with Crippen LogP contribution in [0.25, 0.3) is 11.0 Å². The Morgan fingerprint density at radius 2 is 1.26 bits per heavy atom. The number of aromatic nitrogens is 4. The molecule has 0 spiro atoms. The lowest BCUT2D eigenvalue weighted by Gasteiger charge is -2.33. The number of aryl methyl sites for hydroxylation is 2. The molecule has 0 bridgehead atoms. The van der Waals surface area contributed by atoms with Crippen molar-refractivity contribution in [2.45, 2.75) is 94.7 Å². The van der Waals surface area contributed by atoms with E-state index in [-0.39, 0.29) is 47.7 Å². The molecule has 1 aromatic carbocycles. The number of nitrogen functional groups attached to an aromatic ring is 2. The molecule has 8 atom stereocenters. The number of carboxylic acids is 2. The zero-order chi connectivity index (χ0) is 52.6. The number of anilines is 2. The molecule has 2 heterocycles. The van der Waals surface area contributed by atoms with Crippen LogP contribution in [0.5, 0.6) is 0 Å². The standard InChI is InChI=1S/C32H50ClN9O12.2C2HF3O2/c1-3-41-16-6-5-15(9-17(16)42(4-2)22(41)10-37-32(54)23-29(34)39-30(35)28(33)38-23)31(53)36-7-8-40(11-18(45)24(49)26(51)20(47)13-43)12-19(46)25(50)27(52)21(48)14-44;2*3-2(4,5)1(6)7/h5-6,9,18-21,24-27,43-52H,3-4,7-8,10-14H2,1-2H3,(H5-,34,35,36,37,39,53,54);2*(H,6,7)/t18-,19-,20+,21+,24+,25+,26+,27+;;/m0../s1. The monoisotopic (exact) mass is 1020 g/mol. The molecule has 0 unspecified atom stereocenters. The topological polar surface area (TPSA) is 428 Å². The van der Waals surface area contributed by atoms with E-state index in [2.05, 4.69) is 20.6 Å². The number of aliphatic hydroxyl groups is 10. The van der Waals surface area contributed by atoms with Gasteiger partial charge in [0.05, 0.1) is 38.5 Å². The van der Waals surface area contributed by atoms with Crippen molar-refractivity contribution in [2.24, 2.45) is 0 Å². The Morgan fingerprint density at radius 1 is 0.794 bits per heavy atom. The van der Waals surface area contributed by atoms with E-state index < -0.39 is 111 Å². The minimum atomic E-state index is -5.19. The first-order valence-corrected chi connectivity index (χ1v) is 19.9.